The van der Waals surface area contributed by atoms with Crippen molar-refractivity contribution in [2.24, 2.45) is 5.92 Å². The number of aliphatic hydroxyl groups is 1. The molecule has 4 heteroatoms. The fourth-order valence-corrected chi connectivity index (χ4v) is 2.87. The predicted octanol–water partition coefficient (Wildman–Crippen LogP) is 2.42. The molecule has 0 aromatic heterocycles. The number of rotatable bonds is 7. The zero-order valence-corrected chi connectivity index (χ0v) is 12.7. The molecular weight excluding hydrogens is 264 g/mol. The lowest BCUT2D eigenvalue weighted by Gasteiger charge is -2.23. The lowest BCUT2D eigenvalue weighted by Crippen LogP contribution is -2.31. The largest absolute Gasteiger partial charge is 0.494 e. The van der Waals surface area contributed by atoms with E-state index in [0.29, 0.717) is 18.1 Å². The molecule has 1 aromatic rings. The molecule has 0 spiro atoms. The number of nitrogens with zero attached hydrogens (tertiary/aromatic N) is 2. The first-order valence-electron chi connectivity index (χ1n) is 7.68. The van der Waals surface area contributed by atoms with Crippen LogP contribution in [0.3, 0.4) is 0 Å². The van der Waals surface area contributed by atoms with Crippen molar-refractivity contribution in [3.8, 4) is 11.8 Å². The van der Waals surface area contributed by atoms with Crippen molar-refractivity contribution in [1.29, 1.82) is 5.26 Å². The third-order valence-corrected chi connectivity index (χ3v) is 4.10. The monoisotopic (exact) mass is 288 g/mol. The van der Waals surface area contributed by atoms with Crippen LogP contribution in [0.1, 0.15) is 31.2 Å². The smallest absolute Gasteiger partial charge is 0.119 e. The predicted molar refractivity (Wildman–Crippen MR) is 82.1 cm³/mol. The lowest BCUT2D eigenvalue weighted by atomic mass is 10.1. The minimum Gasteiger partial charge on any atom is -0.494 e. The highest BCUT2D eigenvalue weighted by Gasteiger charge is 2.25. The number of aliphatic hydroxyl groups excluding tert-OH is 1. The highest BCUT2D eigenvalue weighted by molar-refractivity contribution is 5.34. The molecule has 1 aliphatic carbocycles. The van der Waals surface area contributed by atoms with Crippen molar-refractivity contribution in [3.63, 3.8) is 0 Å². The number of benzene rings is 1. The van der Waals surface area contributed by atoms with Gasteiger partial charge in [0.2, 0.25) is 0 Å². The molecule has 0 saturated heterocycles. The molecule has 0 heterocycles. The molecule has 0 aliphatic heterocycles. The summed E-state index contributed by atoms with van der Waals surface area (Å²) in [7, 11) is 2.10. The van der Waals surface area contributed by atoms with Gasteiger partial charge in [0.25, 0.3) is 0 Å². The zero-order chi connectivity index (χ0) is 15.1. The maximum absolute atomic E-state index is 9.83. The molecule has 2 rings (SSSR count). The Morgan fingerprint density at radius 3 is 2.71 bits per heavy atom. The minimum absolute atomic E-state index is 0.109. The molecule has 0 bridgehead atoms. The molecule has 1 aliphatic rings. The lowest BCUT2D eigenvalue weighted by molar-refractivity contribution is 0.108. The van der Waals surface area contributed by atoms with Crippen molar-refractivity contribution in [1.82, 2.24) is 4.90 Å². The van der Waals surface area contributed by atoms with Crippen LogP contribution in [-0.4, -0.2) is 42.9 Å². The summed E-state index contributed by atoms with van der Waals surface area (Å²) >= 11 is 0. The molecule has 1 fully saturated rings. The number of ether oxygens (including phenoxy) is 1. The summed E-state index contributed by atoms with van der Waals surface area (Å²) < 4.78 is 5.66. The van der Waals surface area contributed by atoms with E-state index in [-0.39, 0.29) is 6.10 Å². The zero-order valence-electron chi connectivity index (χ0n) is 12.7. The molecule has 114 valence electrons. The summed E-state index contributed by atoms with van der Waals surface area (Å²) in [6, 6.07) is 9.29. The maximum atomic E-state index is 9.83. The van der Waals surface area contributed by atoms with Crippen LogP contribution in [0.2, 0.25) is 0 Å². The van der Waals surface area contributed by atoms with E-state index in [9.17, 15) is 5.11 Å². The third kappa shape index (κ3) is 5.04. The van der Waals surface area contributed by atoms with Crippen LogP contribution < -0.4 is 4.74 Å². The summed E-state index contributed by atoms with van der Waals surface area (Å²) in [4.78, 5) is 2.28. The first-order valence-corrected chi connectivity index (χ1v) is 7.68. The van der Waals surface area contributed by atoms with Gasteiger partial charge in [0, 0.05) is 13.1 Å². The van der Waals surface area contributed by atoms with Gasteiger partial charge in [-0.2, -0.15) is 5.26 Å². The Morgan fingerprint density at radius 1 is 1.33 bits per heavy atom. The molecule has 4 nitrogen and oxygen atoms in total. The first-order chi connectivity index (χ1) is 10.2. The molecule has 2 atom stereocenters. The van der Waals surface area contributed by atoms with E-state index >= 15 is 0 Å². The fraction of sp³-hybridized carbons (Fsp3) is 0.588. The van der Waals surface area contributed by atoms with E-state index in [2.05, 4.69) is 18.0 Å². The average molecular weight is 288 g/mol. The average Bonchev–Trinajstić information content (AvgIpc) is 2.89. The van der Waals surface area contributed by atoms with Gasteiger partial charge < -0.3 is 14.7 Å². The van der Waals surface area contributed by atoms with E-state index in [1.807, 2.05) is 12.1 Å². The molecule has 21 heavy (non-hydrogen) atoms. The van der Waals surface area contributed by atoms with Gasteiger partial charge >= 0.3 is 0 Å². The van der Waals surface area contributed by atoms with Crippen LogP contribution in [0.5, 0.6) is 5.75 Å². The summed E-state index contributed by atoms with van der Waals surface area (Å²) in [6.45, 7) is 2.61. The van der Waals surface area contributed by atoms with Crippen LogP contribution in [0, 0.1) is 17.2 Å². The normalized spacial score (nSPS) is 21.4. The van der Waals surface area contributed by atoms with E-state index in [4.69, 9.17) is 10.00 Å². The van der Waals surface area contributed by atoms with E-state index in [1.165, 1.54) is 0 Å². The molecule has 1 N–H and O–H groups in total. The minimum atomic E-state index is -0.109. The van der Waals surface area contributed by atoms with E-state index < -0.39 is 0 Å². The Labute approximate surface area is 127 Å². The quantitative estimate of drug-likeness (QED) is 0.783. The van der Waals surface area contributed by atoms with Crippen molar-refractivity contribution in [3.05, 3.63) is 29.8 Å². The summed E-state index contributed by atoms with van der Waals surface area (Å²) in [5.74, 6) is 1.25. The van der Waals surface area contributed by atoms with Crippen LogP contribution >= 0.6 is 0 Å². The van der Waals surface area contributed by atoms with Crippen LogP contribution in [-0.2, 0) is 0 Å². The number of nitriles is 1. The highest BCUT2D eigenvalue weighted by Crippen LogP contribution is 2.25. The molecule has 1 aromatic carbocycles. The molecular formula is C17H24N2O2. The molecule has 0 radical (unpaired) electrons. The van der Waals surface area contributed by atoms with Gasteiger partial charge in [0.1, 0.15) is 5.75 Å². The molecule has 2 unspecified atom stereocenters. The van der Waals surface area contributed by atoms with Crippen molar-refractivity contribution < 1.29 is 9.84 Å². The molecule has 1 saturated carbocycles. The van der Waals surface area contributed by atoms with Gasteiger partial charge in [-0.3, -0.25) is 0 Å². The second-order valence-electron chi connectivity index (χ2n) is 5.86. The van der Waals surface area contributed by atoms with Gasteiger partial charge in [-0.05, 0) is 56.5 Å². The number of hydrogen-bond donors (Lipinski definition) is 1. The number of hydrogen-bond acceptors (Lipinski definition) is 4. The van der Waals surface area contributed by atoms with Gasteiger partial charge in [-0.15, -0.1) is 0 Å². The van der Waals surface area contributed by atoms with E-state index in [0.717, 1.165) is 44.5 Å². The first kappa shape index (κ1) is 15.8. The second kappa shape index (κ2) is 8.02. The topological polar surface area (TPSA) is 56.5 Å². The standard InChI is InChI=1S/C17H24N2O2/c1-19(13-15-4-2-5-17(15)20)10-3-11-21-16-8-6-14(12-18)7-9-16/h6-9,15,17,20H,2-5,10-11,13H2,1H3. The van der Waals surface area contributed by atoms with Crippen LogP contribution in [0.4, 0.5) is 0 Å². The SMILES string of the molecule is CN(CCCOc1ccc(C#N)cc1)CC1CCCC1O. The maximum Gasteiger partial charge on any atom is 0.119 e. The van der Waals surface area contributed by atoms with Gasteiger partial charge in [-0.25, -0.2) is 0 Å². The third-order valence-electron chi connectivity index (χ3n) is 4.10. The Balaban J connectivity index is 1.61. The van der Waals surface area contributed by atoms with Crippen molar-refractivity contribution >= 4 is 0 Å². The Hall–Kier alpha value is -1.57. The van der Waals surface area contributed by atoms with Crippen LogP contribution in [0.15, 0.2) is 24.3 Å². The molecule has 0 amide bonds. The highest BCUT2D eigenvalue weighted by atomic mass is 16.5. The van der Waals surface area contributed by atoms with E-state index in [1.54, 1.807) is 12.1 Å². The Kier molecular flexibility index (Phi) is 6.04. The Bertz CT molecular complexity index is 467. The summed E-state index contributed by atoms with van der Waals surface area (Å²) in [5, 5.41) is 18.6. The Morgan fingerprint density at radius 2 is 2.10 bits per heavy atom. The summed E-state index contributed by atoms with van der Waals surface area (Å²) in [5.41, 5.74) is 0.650. The van der Waals surface area contributed by atoms with Crippen molar-refractivity contribution in [2.45, 2.75) is 31.8 Å². The van der Waals surface area contributed by atoms with Gasteiger partial charge in [-0.1, -0.05) is 6.42 Å². The van der Waals surface area contributed by atoms with Gasteiger partial charge in [0.05, 0.1) is 24.3 Å². The van der Waals surface area contributed by atoms with Gasteiger partial charge in [0.15, 0.2) is 0 Å². The fourth-order valence-electron chi connectivity index (χ4n) is 2.87. The van der Waals surface area contributed by atoms with Crippen LogP contribution in [0.25, 0.3) is 0 Å². The second-order valence-corrected chi connectivity index (χ2v) is 5.86. The van der Waals surface area contributed by atoms with Crippen molar-refractivity contribution in [2.75, 3.05) is 26.7 Å². The summed E-state index contributed by atoms with van der Waals surface area (Å²) in [6.07, 6.45) is 4.11.